The number of nitrogens with one attached hydrogen (secondary N) is 1. The molecule has 0 bridgehead atoms. The van der Waals surface area contributed by atoms with E-state index in [1.807, 2.05) is 91.9 Å². The highest BCUT2D eigenvalue weighted by atomic mass is 16.2. The van der Waals surface area contributed by atoms with Crippen LogP contribution in [0.25, 0.3) is 5.57 Å². The van der Waals surface area contributed by atoms with Crippen LogP contribution in [0.5, 0.6) is 0 Å². The first kappa shape index (κ1) is 29.0. The number of carbonyl (C=O) groups excluding carboxylic acids is 3. The fraction of sp³-hybridized carbons (Fsp3) is 0.275. The first-order valence-electron chi connectivity index (χ1n) is 15.8. The van der Waals surface area contributed by atoms with E-state index in [1.54, 1.807) is 0 Å². The molecule has 3 aliphatic rings. The molecule has 4 aromatic rings. The summed E-state index contributed by atoms with van der Waals surface area (Å²) >= 11 is 0. The zero-order chi connectivity index (χ0) is 31.6. The third-order valence-corrected chi connectivity index (χ3v) is 9.90. The van der Waals surface area contributed by atoms with Crippen molar-refractivity contribution in [3.05, 3.63) is 136 Å². The quantitative estimate of drug-likeness (QED) is 0.232. The third kappa shape index (κ3) is 4.40. The molecule has 226 valence electrons. The number of hydrogen-bond donors (Lipinski definition) is 1. The maximum Gasteiger partial charge on any atom is 0.238 e. The molecule has 3 heterocycles. The molecule has 0 aliphatic carbocycles. The van der Waals surface area contributed by atoms with Crippen LogP contribution in [0.2, 0.25) is 0 Å². The number of para-hydroxylation sites is 1. The molecule has 1 N–H and O–H groups in total. The highest BCUT2D eigenvalue weighted by Gasteiger charge is 2.70. The van der Waals surface area contributed by atoms with Crippen molar-refractivity contribution in [1.29, 1.82) is 0 Å². The maximum atomic E-state index is 15.1. The van der Waals surface area contributed by atoms with Gasteiger partial charge in [-0.2, -0.15) is 0 Å². The summed E-state index contributed by atoms with van der Waals surface area (Å²) in [5, 5.41) is 3.13. The van der Waals surface area contributed by atoms with Crippen LogP contribution in [0, 0.1) is 25.7 Å². The van der Waals surface area contributed by atoms with E-state index in [4.69, 9.17) is 0 Å². The number of ketones is 2. The average molecular weight is 595 g/mol. The van der Waals surface area contributed by atoms with Crippen molar-refractivity contribution in [2.24, 2.45) is 11.8 Å². The minimum atomic E-state index is -1.32. The van der Waals surface area contributed by atoms with Crippen molar-refractivity contribution in [2.75, 3.05) is 10.2 Å². The highest BCUT2D eigenvalue weighted by molar-refractivity contribution is 6.18. The van der Waals surface area contributed by atoms with E-state index in [0.717, 1.165) is 45.5 Å². The third-order valence-electron chi connectivity index (χ3n) is 9.90. The predicted octanol–water partition coefficient (Wildman–Crippen LogP) is 7.75. The van der Waals surface area contributed by atoms with Crippen LogP contribution in [0.15, 0.2) is 97.1 Å². The smallest absolute Gasteiger partial charge is 0.238 e. The molecular weight excluding hydrogens is 556 g/mol. The number of carbonyl (C=O) groups is 3. The lowest BCUT2D eigenvalue weighted by Crippen LogP contribution is -2.51. The second-order valence-electron chi connectivity index (χ2n) is 13.4. The van der Waals surface area contributed by atoms with Crippen molar-refractivity contribution in [3.63, 3.8) is 0 Å². The summed E-state index contributed by atoms with van der Waals surface area (Å²) in [5.74, 6) is -1.10. The molecule has 0 radical (unpaired) electrons. The summed E-state index contributed by atoms with van der Waals surface area (Å²) in [5.41, 5.74) is 7.38. The molecule has 1 fully saturated rings. The summed E-state index contributed by atoms with van der Waals surface area (Å²) in [6, 6.07) is 27.7. The number of Topliss-reactive ketones (excluding diaryl/α,β-unsaturated/α-hetero) is 2. The number of amides is 1. The molecular formula is C40H38N2O3. The summed E-state index contributed by atoms with van der Waals surface area (Å²) in [7, 11) is 0. The van der Waals surface area contributed by atoms with Crippen LogP contribution in [-0.2, 0) is 16.6 Å². The average Bonchev–Trinajstić information content (AvgIpc) is 3.49. The summed E-state index contributed by atoms with van der Waals surface area (Å²) in [6.07, 6.45) is 3.01. The molecule has 45 heavy (non-hydrogen) atoms. The second kappa shape index (κ2) is 10.7. The number of aryl methyl sites for hydroxylation is 2. The van der Waals surface area contributed by atoms with Crippen molar-refractivity contribution in [2.45, 2.75) is 58.5 Å². The van der Waals surface area contributed by atoms with Gasteiger partial charge in [0.1, 0.15) is 11.5 Å². The monoisotopic (exact) mass is 594 g/mol. The van der Waals surface area contributed by atoms with Crippen molar-refractivity contribution >= 4 is 34.4 Å². The van der Waals surface area contributed by atoms with Gasteiger partial charge in [-0.15, -0.1) is 0 Å². The Labute approximate surface area is 265 Å². The van der Waals surface area contributed by atoms with E-state index >= 15 is 4.79 Å². The number of anilines is 2. The molecule has 3 aliphatic heterocycles. The van der Waals surface area contributed by atoms with E-state index in [1.165, 1.54) is 0 Å². The molecule has 7 rings (SSSR count). The van der Waals surface area contributed by atoms with Gasteiger partial charge in [-0.1, -0.05) is 104 Å². The van der Waals surface area contributed by atoms with Gasteiger partial charge in [0.25, 0.3) is 0 Å². The molecule has 1 spiro atoms. The molecule has 4 atom stereocenters. The number of rotatable bonds is 6. The second-order valence-corrected chi connectivity index (χ2v) is 13.4. The standard InChI is InChI=1S/C40H38N2O3/c1-23(2)20-27-13-17-28(18-14-27)37(43)35-36(38(44)29-15-10-24(3)11-16-29)42-33-19-12-25(4)21-30(33)26(5)22-34(42)40(35)31-8-6-7-9-32(31)41-39(40)45/h6-19,21-23,34-36H,20H2,1-5H3,(H,41,45)/t34-,35+,36-,40-/m0/s1. The number of fused-ring (bicyclic) bond motifs is 6. The first-order chi connectivity index (χ1) is 21.6. The normalized spacial score (nSPS) is 23.0. The number of allylic oxidation sites excluding steroid dienone is 1. The van der Waals surface area contributed by atoms with Gasteiger partial charge in [-0.25, -0.2) is 0 Å². The molecule has 1 saturated heterocycles. The minimum Gasteiger partial charge on any atom is -0.352 e. The first-order valence-corrected chi connectivity index (χ1v) is 15.8. The van der Waals surface area contributed by atoms with E-state index in [2.05, 4.69) is 50.1 Å². The topological polar surface area (TPSA) is 66.5 Å². The van der Waals surface area contributed by atoms with E-state index in [9.17, 15) is 9.59 Å². The fourth-order valence-corrected chi connectivity index (χ4v) is 7.89. The minimum absolute atomic E-state index is 0.164. The lowest BCUT2D eigenvalue weighted by atomic mass is 9.64. The Bertz CT molecular complexity index is 1890. The van der Waals surface area contributed by atoms with Crippen LogP contribution in [0.4, 0.5) is 11.4 Å². The Morgan fingerprint density at radius 3 is 2.18 bits per heavy atom. The van der Waals surface area contributed by atoms with Crippen LogP contribution in [-0.4, -0.2) is 29.6 Å². The van der Waals surface area contributed by atoms with Gasteiger partial charge in [0, 0.05) is 28.1 Å². The Hall–Kier alpha value is -4.77. The molecule has 0 aromatic heterocycles. The van der Waals surface area contributed by atoms with Crippen molar-refractivity contribution < 1.29 is 14.4 Å². The fourth-order valence-electron chi connectivity index (χ4n) is 7.89. The predicted molar refractivity (Wildman–Crippen MR) is 180 cm³/mol. The summed E-state index contributed by atoms with van der Waals surface area (Å²) < 4.78 is 0. The number of nitrogens with zero attached hydrogens (tertiary/aromatic N) is 1. The van der Waals surface area contributed by atoms with Gasteiger partial charge in [-0.05, 0) is 68.0 Å². The number of hydrogen-bond acceptors (Lipinski definition) is 4. The molecule has 0 saturated carbocycles. The molecule has 1 amide bonds. The van der Waals surface area contributed by atoms with Gasteiger partial charge in [-0.3, -0.25) is 14.4 Å². The van der Waals surface area contributed by atoms with Crippen LogP contribution >= 0.6 is 0 Å². The van der Waals surface area contributed by atoms with E-state index in [-0.39, 0.29) is 17.5 Å². The Morgan fingerprint density at radius 2 is 1.47 bits per heavy atom. The van der Waals surface area contributed by atoms with Gasteiger partial charge < -0.3 is 10.2 Å². The SMILES string of the molecule is CC1=C[C@@H]2N(c3ccc(C)cc31)[C@H](C(=O)c1ccc(C)cc1)[C@H](C(=O)c1ccc(CC(C)C)cc1)[C@@]21C(=O)Nc2ccccc21. The summed E-state index contributed by atoms with van der Waals surface area (Å²) in [6.45, 7) is 10.4. The van der Waals surface area contributed by atoms with Crippen LogP contribution in [0.3, 0.4) is 0 Å². The lowest BCUT2D eigenvalue weighted by molar-refractivity contribution is -0.121. The van der Waals surface area contributed by atoms with Crippen molar-refractivity contribution in [3.8, 4) is 0 Å². The Balaban J connectivity index is 1.50. The summed E-state index contributed by atoms with van der Waals surface area (Å²) in [4.78, 5) is 46.7. The zero-order valence-corrected chi connectivity index (χ0v) is 26.4. The highest BCUT2D eigenvalue weighted by Crippen LogP contribution is 2.59. The van der Waals surface area contributed by atoms with Crippen LogP contribution in [0.1, 0.15) is 69.3 Å². The van der Waals surface area contributed by atoms with Crippen LogP contribution < -0.4 is 10.2 Å². The van der Waals surface area contributed by atoms with E-state index in [0.29, 0.717) is 22.7 Å². The molecule has 5 heteroatoms. The maximum absolute atomic E-state index is 15.1. The molecule has 4 aromatic carbocycles. The lowest BCUT2D eigenvalue weighted by Gasteiger charge is -2.39. The van der Waals surface area contributed by atoms with Gasteiger partial charge in [0.2, 0.25) is 5.91 Å². The van der Waals surface area contributed by atoms with Crippen molar-refractivity contribution in [1.82, 2.24) is 0 Å². The largest absolute Gasteiger partial charge is 0.352 e. The molecule has 5 nitrogen and oxygen atoms in total. The zero-order valence-electron chi connectivity index (χ0n) is 26.4. The van der Waals surface area contributed by atoms with Gasteiger partial charge >= 0.3 is 0 Å². The number of benzene rings is 4. The Morgan fingerprint density at radius 1 is 0.822 bits per heavy atom. The van der Waals surface area contributed by atoms with E-state index < -0.39 is 23.4 Å². The van der Waals surface area contributed by atoms with Gasteiger partial charge in [0.05, 0.1) is 12.0 Å². The molecule has 0 unspecified atom stereocenters. The van der Waals surface area contributed by atoms with Gasteiger partial charge in [0.15, 0.2) is 11.6 Å². The Kier molecular flexibility index (Phi) is 6.88.